The molecule has 35 heavy (non-hydrogen) atoms. The zero-order valence-corrected chi connectivity index (χ0v) is 19.5. The number of nitrogen functional groups attached to an aromatic ring is 1. The summed E-state index contributed by atoms with van der Waals surface area (Å²) in [5.41, 5.74) is 4.34. The first kappa shape index (κ1) is 24.8. The van der Waals surface area contributed by atoms with Gasteiger partial charge in [-0.25, -0.2) is 14.4 Å². The van der Waals surface area contributed by atoms with Gasteiger partial charge in [0.15, 0.2) is 11.5 Å². The van der Waals surface area contributed by atoms with Crippen LogP contribution in [0.25, 0.3) is 10.9 Å². The smallest absolute Gasteiger partial charge is 0.419 e. The van der Waals surface area contributed by atoms with Crippen molar-refractivity contribution in [3.8, 4) is 11.5 Å². The molecule has 11 heteroatoms. The monoisotopic (exact) mass is 494 g/mol. The first-order chi connectivity index (χ1) is 16.6. The van der Waals surface area contributed by atoms with Crippen molar-refractivity contribution >= 4 is 22.4 Å². The molecule has 0 aliphatic carbocycles. The lowest BCUT2D eigenvalue weighted by atomic mass is 10.0. The maximum Gasteiger partial charge on any atom is 0.419 e. The number of hydrogen-bond donors (Lipinski definition) is 2. The fraction of sp³-hybridized carbons (Fsp3) is 0.417. The van der Waals surface area contributed by atoms with E-state index in [4.69, 9.17) is 19.9 Å². The highest BCUT2D eigenvalue weighted by Gasteiger charge is 2.36. The van der Waals surface area contributed by atoms with Crippen LogP contribution in [-0.2, 0) is 10.9 Å². The highest BCUT2D eigenvalue weighted by atomic mass is 19.4. The van der Waals surface area contributed by atoms with Crippen LogP contribution in [0.3, 0.4) is 0 Å². The molecule has 1 fully saturated rings. The number of alkyl halides is 3. The molecule has 0 amide bonds. The minimum atomic E-state index is -4.88. The lowest BCUT2D eigenvalue weighted by Crippen LogP contribution is -2.16. The van der Waals surface area contributed by atoms with Crippen LogP contribution in [0.15, 0.2) is 24.3 Å². The summed E-state index contributed by atoms with van der Waals surface area (Å²) < 4.78 is 71.5. The Labute approximate surface area is 199 Å². The maximum absolute atomic E-state index is 14.8. The third-order valence-corrected chi connectivity index (χ3v) is 5.84. The van der Waals surface area contributed by atoms with E-state index in [-0.39, 0.29) is 17.2 Å². The Morgan fingerprint density at radius 2 is 1.97 bits per heavy atom. The Morgan fingerprint density at radius 3 is 2.63 bits per heavy atom. The number of nitrogens with zero attached hydrogens (tertiary/aromatic N) is 2. The SMILES string of the molecule is COc1cc2nc(C)nc(N[C@H](C)c3cc(N)cc(C(F)(F)F)c3F)c2cc1OC[C@H]1CCOC1. The molecule has 0 saturated carbocycles. The van der Waals surface area contributed by atoms with E-state index in [1.54, 1.807) is 19.1 Å². The molecule has 188 valence electrons. The molecule has 1 aliphatic rings. The van der Waals surface area contributed by atoms with Crippen molar-refractivity contribution < 1.29 is 31.8 Å². The second-order valence-corrected chi connectivity index (χ2v) is 8.52. The second-order valence-electron chi connectivity index (χ2n) is 8.52. The number of rotatable bonds is 7. The van der Waals surface area contributed by atoms with Crippen LogP contribution in [-0.4, -0.2) is 36.9 Å². The number of methoxy groups -OCH3 is 1. The normalized spacial score (nSPS) is 16.9. The topological polar surface area (TPSA) is 91.5 Å². The van der Waals surface area contributed by atoms with Gasteiger partial charge < -0.3 is 25.3 Å². The Kier molecular flexibility index (Phi) is 6.88. The molecule has 1 aliphatic heterocycles. The van der Waals surface area contributed by atoms with Gasteiger partial charge in [0.05, 0.1) is 37.4 Å². The van der Waals surface area contributed by atoms with Crippen molar-refractivity contribution in [1.82, 2.24) is 9.97 Å². The van der Waals surface area contributed by atoms with Crippen LogP contribution in [0.1, 0.15) is 36.3 Å². The minimum Gasteiger partial charge on any atom is -0.493 e. The summed E-state index contributed by atoms with van der Waals surface area (Å²) in [6.45, 7) is 4.95. The van der Waals surface area contributed by atoms with E-state index in [0.717, 1.165) is 6.42 Å². The van der Waals surface area contributed by atoms with Crippen molar-refractivity contribution in [2.24, 2.45) is 5.92 Å². The van der Waals surface area contributed by atoms with Gasteiger partial charge in [-0.05, 0) is 38.5 Å². The quantitative estimate of drug-likeness (QED) is 0.341. The number of nitrogens with two attached hydrogens (primary N) is 1. The lowest BCUT2D eigenvalue weighted by molar-refractivity contribution is -0.140. The molecule has 2 atom stereocenters. The average Bonchev–Trinajstić information content (AvgIpc) is 3.31. The fourth-order valence-electron chi connectivity index (χ4n) is 4.03. The highest BCUT2D eigenvalue weighted by Crippen LogP contribution is 2.38. The summed E-state index contributed by atoms with van der Waals surface area (Å²) in [5, 5.41) is 3.56. The molecule has 0 unspecified atom stereocenters. The highest BCUT2D eigenvalue weighted by molar-refractivity contribution is 5.92. The molecule has 7 nitrogen and oxygen atoms in total. The van der Waals surface area contributed by atoms with E-state index in [1.165, 1.54) is 20.1 Å². The van der Waals surface area contributed by atoms with E-state index in [0.29, 0.717) is 59.9 Å². The molecule has 2 aromatic carbocycles. The minimum absolute atomic E-state index is 0.192. The van der Waals surface area contributed by atoms with E-state index in [2.05, 4.69) is 15.3 Å². The summed E-state index contributed by atoms with van der Waals surface area (Å²) in [5.74, 6) is 0.541. The molecule has 0 bridgehead atoms. The summed E-state index contributed by atoms with van der Waals surface area (Å²) in [7, 11) is 1.52. The van der Waals surface area contributed by atoms with Gasteiger partial charge in [-0.1, -0.05) is 0 Å². The van der Waals surface area contributed by atoms with Crippen molar-refractivity contribution in [3.05, 3.63) is 47.0 Å². The van der Waals surface area contributed by atoms with E-state index in [1.807, 2.05) is 0 Å². The number of ether oxygens (including phenoxy) is 3. The summed E-state index contributed by atoms with van der Waals surface area (Å²) in [6.07, 6.45) is -3.98. The van der Waals surface area contributed by atoms with Gasteiger partial charge >= 0.3 is 6.18 Å². The predicted molar refractivity (Wildman–Crippen MR) is 123 cm³/mol. The molecule has 1 saturated heterocycles. The van der Waals surface area contributed by atoms with Crippen molar-refractivity contribution in [2.45, 2.75) is 32.5 Å². The number of aromatic nitrogens is 2. The third-order valence-electron chi connectivity index (χ3n) is 5.84. The molecule has 0 radical (unpaired) electrons. The zero-order valence-electron chi connectivity index (χ0n) is 19.5. The molecular formula is C24H26F4N4O3. The number of hydrogen-bond acceptors (Lipinski definition) is 7. The molecule has 1 aromatic heterocycles. The first-order valence-electron chi connectivity index (χ1n) is 11.1. The number of benzene rings is 2. The fourth-order valence-corrected chi connectivity index (χ4v) is 4.03. The van der Waals surface area contributed by atoms with Gasteiger partial charge in [-0.2, -0.15) is 13.2 Å². The summed E-state index contributed by atoms with van der Waals surface area (Å²) in [4.78, 5) is 8.84. The molecule has 3 N–H and O–H groups in total. The van der Waals surface area contributed by atoms with Crippen LogP contribution >= 0.6 is 0 Å². The molecule has 3 aromatic rings. The Bertz CT molecular complexity index is 1230. The largest absolute Gasteiger partial charge is 0.493 e. The number of aryl methyl sites for hydroxylation is 1. The molecule has 2 heterocycles. The Balaban J connectivity index is 1.70. The summed E-state index contributed by atoms with van der Waals surface area (Å²) >= 11 is 0. The predicted octanol–water partition coefficient (Wildman–Crippen LogP) is 5.28. The van der Waals surface area contributed by atoms with Crippen LogP contribution in [0, 0.1) is 18.7 Å². The van der Waals surface area contributed by atoms with Gasteiger partial charge in [0, 0.05) is 35.2 Å². The van der Waals surface area contributed by atoms with Crippen LogP contribution in [0.5, 0.6) is 11.5 Å². The van der Waals surface area contributed by atoms with Gasteiger partial charge in [0.1, 0.15) is 17.5 Å². The number of anilines is 2. The van der Waals surface area contributed by atoms with Crippen molar-refractivity contribution in [3.63, 3.8) is 0 Å². The average molecular weight is 494 g/mol. The standard InChI is InChI=1S/C24H26F4N4O3/c1-12(16-6-15(29)7-18(22(16)25)24(26,27)28)30-23-17-8-21(35-11-14-4-5-34-10-14)20(33-3)9-19(17)31-13(2)32-23/h6-9,12,14H,4-5,10-11,29H2,1-3H3,(H,30,31,32)/t12-,14+/m1/s1. The number of fused-ring (bicyclic) bond motifs is 1. The third kappa shape index (κ3) is 5.34. The molecular weight excluding hydrogens is 468 g/mol. The maximum atomic E-state index is 14.8. The Morgan fingerprint density at radius 1 is 1.20 bits per heavy atom. The van der Waals surface area contributed by atoms with E-state index < -0.39 is 23.6 Å². The number of halogens is 4. The molecule has 0 spiro atoms. The second kappa shape index (κ2) is 9.73. The van der Waals surface area contributed by atoms with Crippen molar-refractivity contribution in [1.29, 1.82) is 0 Å². The van der Waals surface area contributed by atoms with Gasteiger partial charge in [-0.15, -0.1) is 0 Å². The van der Waals surface area contributed by atoms with E-state index in [9.17, 15) is 17.6 Å². The first-order valence-corrected chi connectivity index (χ1v) is 11.1. The Hall–Kier alpha value is -3.34. The van der Waals surface area contributed by atoms with E-state index >= 15 is 0 Å². The zero-order chi connectivity index (χ0) is 25.3. The van der Waals surface area contributed by atoms with Gasteiger partial charge in [0.2, 0.25) is 0 Å². The lowest BCUT2D eigenvalue weighted by Gasteiger charge is -2.21. The van der Waals surface area contributed by atoms with Gasteiger partial charge in [-0.3, -0.25) is 0 Å². The van der Waals surface area contributed by atoms with Crippen LogP contribution in [0.4, 0.5) is 29.1 Å². The van der Waals surface area contributed by atoms with Crippen molar-refractivity contribution in [2.75, 3.05) is 38.0 Å². The van der Waals surface area contributed by atoms with Crippen LogP contribution < -0.4 is 20.5 Å². The number of nitrogens with one attached hydrogen (secondary N) is 1. The van der Waals surface area contributed by atoms with Gasteiger partial charge in [0.25, 0.3) is 0 Å². The van der Waals surface area contributed by atoms with Crippen LogP contribution in [0.2, 0.25) is 0 Å². The summed E-state index contributed by atoms with van der Waals surface area (Å²) in [6, 6.07) is 4.28. The molecule has 4 rings (SSSR count).